The fourth-order valence-electron chi connectivity index (χ4n) is 3.94. The zero-order valence-corrected chi connectivity index (χ0v) is 20.9. The van der Waals surface area contributed by atoms with Gasteiger partial charge in [0.15, 0.2) is 0 Å². The molecule has 11 nitrogen and oxygen atoms in total. The van der Waals surface area contributed by atoms with Crippen molar-refractivity contribution in [3.8, 4) is 11.3 Å². The molecule has 0 spiro atoms. The Hall–Kier alpha value is -4.51. The number of carbonyl (C=O) groups is 2. The van der Waals surface area contributed by atoms with Gasteiger partial charge in [0, 0.05) is 62.1 Å². The van der Waals surface area contributed by atoms with Crippen LogP contribution in [0.3, 0.4) is 0 Å². The van der Waals surface area contributed by atoms with Crippen molar-refractivity contribution in [3.05, 3.63) is 60.6 Å². The molecule has 1 aromatic carbocycles. The summed E-state index contributed by atoms with van der Waals surface area (Å²) in [6.45, 7) is 8.28. The van der Waals surface area contributed by atoms with Gasteiger partial charge in [-0.25, -0.2) is 9.78 Å². The average molecular weight is 503 g/mol. The summed E-state index contributed by atoms with van der Waals surface area (Å²) in [7, 11) is 1.80. The van der Waals surface area contributed by atoms with Crippen LogP contribution in [0, 0.1) is 0 Å². The molecule has 1 fully saturated rings. The van der Waals surface area contributed by atoms with Crippen molar-refractivity contribution in [1.82, 2.24) is 24.8 Å². The number of nitrogens with zero attached hydrogens (tertiary/aromatic N) is 5. The van der Waals surface area contributed by atoms with Gasteiger partial charge in [0.1, 0.15) is 0 Å². The smallest absolute Gasteiger partial charge is 0.413 e. The molecule has 1 aliphatic rings. The van der Waals surface area contributed by atoms with Gasteiger partial charge in [-0.05, 0) is 36.8 Å². The summed E-state index contributed by atoms with van der Waals surface area (Å²) in [5.74, 6) is 0.335. The number of H-pyrrole nitrogens is 1. The highest BCUT2D eigenvalue weighted by Crippen LogP contribution is 2.31. The number of benzene rings is 1. The number of carbonyl (C=O) groups excluding carboxylic acids is 2. The highest BCUT2D eigenvalue weighted by atomic mass is 16.5. The van der Waals surface area contributed by atoms with E-state index in [1.165, 1.54) is 6.20 Å². The van der Waals surface area contributed by atoms with E-state index in [4.69, 9.17) is 10.5 Å². The van der Waals surface area contributed by atoms with Gasteiger partial charge < -0.3 is 20.4 Å². The molecule has 2 amide bonds. The number of nitrogens with one attached hydrogen (secondary N) is 2. The summed E-state index contributed by atoms with van der Waals surface area (Å²) in [4.78, 5) is 44.3. The number of hydrogen-bond donors (Lipinski definition) is 3. The van der Waals surface area contributed by atoms with Gasteiger partial charge in [0.05, 0.1) is 29.9 Å². The first-order valence-electron chi connectivity index (χ1n) is 11.9. The molecule has 0 radical (unpaired) electrons. The van der Waals surface area contributed by atoms with Crippen molar-refractivity contribution in [2.75, 3.05) is 45.2 Å². The minimum Gasteiger partial charge on any atom is -0.450 e. The molecular formula is C26H30N8O3. The minimum atomic E-state index is -0.601. The van der Waals surface area contributed by atoms with E-state index in [1.54, 1.807) is 31.3 Å². The lowest BCUT2D eigenvalue weighted by Gasteiger charge is -2.31. The highest BCUT2D eigenvalue weighted by molar-refractivity contribution is 6.12. The van der Waals surface area contributed by atoms with Crippen LogP contribution in [0.15, 0.2) is 60.0 Å². The van der Waals surface area contributed by atoms with Crippen LogP contribution in [0.2, 0.25) is 0 Å². The molecule has 0 bridgehead atoms. The van der Waals surface area contributed by atoms with Gasteiger partial charge >= 0.3 is 6.09 Å². The largest absolute Gasteiger partial charge is 0.450 e. The molecule has 37 heavy (non-hydrogen) atoms. The number of aromatic nitrogens is 3. The fraction of sp³-hybridized carbons (Fsp3) is 0.269. The Labute approximate surface area is 214 Å². The van der Waals surface area contributed by atoms with E-state index >= 15 is 0 Å². The predicted octanol–water partition coefficient (Wildman–Crippen LogP) is 2.85. The number of ether oxygens (including phenoxy) is 1. The van der Waals surface area contributed by atoms with Crippen LogP contribution in [0.25, 0.3) is 27.9 Å². The normalized spacial score (nSPS) is 14.9. The molecule has 0 aliphatic carbocycles. The molecule has 11 heteroatoms. The van der Waals surface area contributed by atoms with Crippen molar-refractivity contribution in [2.24, 2.45) is 10.7 Å². The molecule has 4 rings (SSSR count). The number of likely N-dealkylation sites (N-methyl/N-ethyl adjacent to an activating group) is 1. The number of nitrogens with two attached hydrogens (primary N) is 1. The molecule has 0 atom stereocenters. The number of anilines is 1. The summed E-state index contributed by atoms with van der Waals surface area (Å²) in [5, 5.41) is 2.60. The lowest BCUT2D eigenvalue weighted by Crippen LogP contribution is -2.48. The number of fused-ring (bicyclic) bond motifs is 1. The third kappa shape index (κ3) is 6.19. The number of piperazine rings is 1. The lowest BCUT2D eigenvalue weighted by molar-refractivity contribution is -0.134. The summed E-state index contributed by atoms with van der Waals surface area (Å²) < 4.78 is 4.96. The van der Waals surface area contributed by atoms with Crippen molar-refractivity contribution >= 4 is 40.8 Å². The van der Waals surface area contributed by atoms with Gasteiger partial charge in [-0.15, -0.1) is 0 Å². The second kappa shape index (κ2) is 11.5. The zero-order chi connectivity index (χ0) is 26.4. The van der Waals surface area contributed by atoms with E-state index in [-0.39, 0.29) is 18.5 Å². The molecule has 0 saturated carbocycles. The number of pyridine rings is 1. The Morgan fingerprint density at radius 2 is 2.19 bits per heavy atom. The molecular weight excluding hydrogens is 472 g/mol. The van der Waals surface area contributed by atoms with Crippen LogP contribution in [0.4, 0.5) is 10.7 Å². The van der Waals surface area contributed by atoms with Crippen molar-refractivity contribution in [2.45, 2.75) is 6.92 Å². The molecule has 4 N–H and O–H groups in total. The Bertz CT molecular complexity index is 1360. The number of allylic oxidation sites excluding steroid dienone is 1. The minimum absolute atomic E-state index is 0.0803. The maximum atomic E-state index is 12.0. The molecule has 192 valence electrons. The van der Waals surface area contributed by atoms with E-state index in [0.29, 0.717) is 41.9 Å². The van der Waals surface area contributed by atoms with Crippen molar-refractivity contribution < 1.29 is 14.3 Å². The number of aliphatic imine (C=N–C) groups is 1. The number of aromatic amines is 1. The van der Waals surface area contributed by atoms with Crippen LogP contribution in [-0.2, 0) is 9.53 Å². The van der Waals surface area contributed by atoms with Crippen LogP contribution in [-0.4, -0.2) is 82.8 Å². The molecule has 1 aliphatic heterocycles. The standard InChI is InChI=1S/C26H30N8O3/c1-4-37-26(36)32-25-30-22-12-18(11-20(24(22)31-25)21-7-5-6-8-28-21)19(13-27)14-29-17(2)15-34-10-9-33(3)23(35)16-34/h5-8,11-14H,2,4,9-10,15-16,27H2,1,3H3,(H2,30,31,32,36)/b19-13+,29-14-. The van der Waals surface area contributed by atoms with Gasteiger partial charge in [-0.2, -0.15) is 0 Å². The van der Waals surface area contributed by atoms with E-state index in [9.17, 15) is 9.59 Å². The third-order valence-electron chi connectivity index (χ3n) is 5.87. The highest BCUT2D eigenvalue weighted by Gasteiger charge is 2.21. The fourth-order valence-corrected chi connectivity index (χ4v) is 3.94. The topological polar surface area (TPSA) is 142 Å². The number of rotatable bonds is 8. The van der Waals surface area contributed by atoms with Gasteiger partial charge in [0.2, 0.25) is 11.9 Å². The predicted molar refractivity (Wildman–Crippen MR) is 144 cm³/mol. The summed E-state index contributed by atoms with van der Waals surface area (Å²) in [6, 6.07) is 9.40. The maximum Gasteiger partial charge on any atom is 0.413 e. The second-order valence-electron chi connectivity index (χ2n) is 8.54. The molecule has 3 aromatic rings. The number of amides is 2. The quantitative estimate of drug-likeness (QED) is 0.402. The van der Waals surface area contributed by atoms with Crippen LogP contribution < -0.4 is 11.1 Å². The Kier molecular flexibility index (Phi) is 7.94. The average Bonchev–Trinajstić information content (AvgIpc) is 3.29. The second-order valence-corrected chi connectivity index (χ2v) is 8.54. The first-order valence-corrected chi connectivity index (χ1v) is 11.9. The summed E-state index contributed by atoms with van der Waals surface area (Å²) >= 11 is 0. The SMILES string of the molecule is C=C(CN1CCN(C)C(=O)C1)/N=C\C(=C/N)c1cc(-c2ccccn2)c2[nH]c(NC(=O)OCC)nc2c1. The van der Waals surface area contributed by atoms with Gasteiger partial charge in [0.25, 0.3) is 0 Å². The summed E-state index contributed by atoms with van der Waals surface area (Å²) in [6.07, 6.45) is 4.21. The van der Waals surface area contributed by atoms with E-state index in [0.717, 1.165) is 23.4 Å². The molecule has 0 unspecified atom stereocenters. The lowest BCUT2D eigenvalue weighted by atomic mass is 10.0. The molecule has 1 saturated heterocycles. The Morgan fingerprint density at radius 3 is 2.89 bits per heavy atom. The number of hydrogen-bond acceptors (Lipinski definition) is 8. The Morgan fingerprint density at radius 1 is 1.35 bits per heavy atom. The Balaban J connectivity index is 1.61. The number of imidazole rings is 1. The summed E-state index contributed by atoms with van der Waals surface area (Å²) in [5.41, 5.74) is 10.8. The van der Waals surface area contributed by atoms with Crippen LogP contribution in [0.1, 0.15) is 12.5 Å². The third-order valence-corrected chi connectivity index (χ3v) is 5.87. The van der Waals surface area contributed by atoms with Crippen molar-refractivity contribution in [1.29, 1.82) is 0 Å². The van der Waals surface area contributed by atoms with Gasteiger partial charge in [-0.1, -0.05) is 12.6 Å². The van der Waals surface area contributed by atoms with Gasteiger partial charge in [-0.3, -0.25) is 25.0 Å². The monoisotopic (exact) mass is 502 g/mol. The van der Waals surface area contributed by atoms with E-state index in [2.05, 4.69) is 31.8 Å². The van der Waals surface area contributed by atoms with Crippen LogP contribution >= 0.6 is 0 Å². The van der Waals surface area contributed by atoms with Crippen molar-refractivity contribution in [3.63, 3.8) is 0 Å². The first-order chi connectivity index (χ1) is 17.9. The van der Waals surface area contributed by atoms with E-state index < -0.39 is 6.09 Å². The van der Waals surface area contributed by atoms with E-state index in [1.807, 2.05) is 35.2 Å². The first kappa shape index (κ1) is 25.6. The maximum absolute atomic E-state index is 12.0. The molecule has 3 heterocycles. The zero-order valence-electron chi connectivity index (χ0n) is 20.9. The molecule has 2 aromatic heterocycles. The van der Waals surface area contributed by atoms with Crippen LogP contribution in [0.5, 0.6) is 0 Å².